The Morgan fingerprint density at radius 2 is 1.82 bits per heavy atom. The summed E-state index contributed by atoms with van der Waals surface area (Å²) in [7, 11) is 4.03. The molecule has 1 fully saturated rings. The standard InChI is InChI=1S/C29H29FN6OS/c1-34(2)20-12-14-21(15-13-20)35-18-7-11-25(35)28-27(24-10-5-6-17-31-24)33-29(38)36(28)19-16-26(37)32-23-9-4-3-8-22(23)30/h3-15,17-18,27-28H,16,19H2,1-2H3,(H,32,37)(H,33,38)/t27-,28+/m0/s1. The molecule has 0 bridgehead atoms. The van der Waals surface area contributed by atoms with Gasteiger partial charge in [-0.1, -0.05) is 18.2 Å². The number of nitrogens with one attached hydrogen (secondary N) is 2. The molecular weight excluding hydrogens is 499 g/mol. The summed E-state index contributed by atoms with van der Waals surface area (Å²) in [5, 5.41) is 6.64. The zero-order valence-electron chi connectivity index (χ0n) is 21.2. The molecule has 4 aromatic rings. The van der Waals surface area contributed by atoms with Gasteiger partial charge in [0.1, 0.15) is 5.82 Å². The Balaban J connectivity index is 1.44. The molecule has 2 atom stereocenters. The first-order valence-corrected chi connectivity index (χ1v) is 12.8. The molecule has 0 radical (unpaired) electrons. The Hall–Kier alpha value is -4.24. The largest absolute Gasteiger partial charge is 0.378 e. The number of carbonyl (C=O) groups excluding carboxylic acids is 1. The SMILES string of the molecule is CN(C)c1ccc(-n2cccc2[C@@H]2[C@H](c3ccccn3)NC(=S)N2CCC(=O)Nc2ccccc2F)cc1. The van der Waals surface area contributed by atoms with Gasteiger partial charge in [-0.2, -0.15) is 0 Å². The highest BCUT2D eigenvalue weighted by molar-refractivity contribution is 7.80. The molecule has 2 aromatic carbocycles. The van der Waals surface area contributed by atoms with Crippen molar-refractivity contribution >= 4 is 34.6 Å². The van der Waals surface area contributed by atoms with Crippen LogP contribution in [0.4, 0.5) is 15.8 Å². The summed E-state index contributed by atoms with van der Waals surface area (Å²) in [5.74, 6) is -0.752. The predicted octanol–water partition coefficient (Wildman–Crippen LogP) is 5.08. The van der Waals surface area contributed by atoms with E-state index in [9.17, 15) is 9.18 Å². The Labute approximate surface area is 226 Å². The average Bonchev–Trinajstić information content (AvgIpc) is 3.53. The van der Waals surface area contributed by atoms with E-state index in [-0.39, 0.29) is 30.1 Å². The number of hydrogen-bond donors (Lipinski definition) is 2. The van der Waals surface area contributed by atoms with E-state index in [2.05, 4.69) is 55.4 Å². The van der Waals surface area contributed by atoms with Crippen LogP contribution in [-0.4, -0.2) is 46.1 Å². The van der Waals surface area contributed by atoms with Crippen LogP contribution in [0.5, 0.6) is 0 Å². The number of pyridine rings is 1. The van der Waals surface area contributed by atoms with Gasteiger partial charge in [0, 0.05) is 56.5 Å². The van der Waals surface area contributed by atoms with E-state index in [0.717, 1.165) is 22.8 Å². The number of thiocarbonyl (C=S) groups is 1. The van der Waals surface area contributed by atoms with Crippen LogP contribution >= 0.6 is 12.2 Å². The maximum absolute atomic E-state index is 14.0. The minimum absolute atomic E-state index is 0.139. The number of aromatic nitrogens is 2. The summed E-state index contributed by atoms with van der Waals surface area (Å²) < 4.78 is 16.2. The van der Waals surface area contributed by atoms with Crippen LogP contribution < -0.4 is 15.5 Å². The van der Waals surface area contributed by atoms with E-state index in [1.807, 2.05) is 49.5 Å². The van der Waals surface area contributed by atoms with Crippen molar-refractivity contribution in [2.24, 2.45) is 0 Å². The monoisotopic (exact) mass is 528 g/mol. The third kappa shape index (κ3) is 5.24. The van der Waals surface area contributed by atoms with Gasteiger partial charge in [0.2, 0.25) is 5.91 Å². The summed E-state index contributed by atoms with van der Waals surface area (Å²) >= 11 is 5.76. The molecular formula is C29H29FN6OS. The molecule has 1 saturated heterocycles. The van der Waals surface area contributed by atoms with Crippen molar-refractivity contribution in [3.63, 3.8) is 0 Å². The molecule has 3 heterocycles. The first-order chi connectivity index (χ1) is 18.4. The third-order valence-corrected chi connectivity index (χ3v) is 7.01. The van der Waals surface area contributed by atoms with Gasteiger partial charge in [-0.3, -0.25) is 9.78 Å². The molecule has 7 nitrogen and oxygen atoms in total. The van der Waals surface area contributed by atoms with Crippen LogP contribution in [0.3, 0.4) is 0 Å². The van der Waals surface area contributed by atoms with Gasteiger partial charge >= 0.3 is 0 Å². The van der Waals surface area contributed by atoms with Crippen LogP contribution in [0.1, 0.15) is 29.9 Å². The van der Waals surface area contributed by atoms with E-state index < -0.39 is 5.82 Å². The first kappa shape index (κ1) is 25.4. The fourth-order valence-electron chi connectivity index (χ4n) is 4.75. The lowest BCUT2D eigenvalue weighted by Crippen LogP contribution is -2.33. The number of benzene rings is 2. The van der Waals surface area contributed by atoms with Gasteiger partial charge in [0.25, 0.3) is 0 Å². The second kappa shape index (κ2) is 11.0. The predicted molar refractivity (Wildman–Crippen MR) is 152 cm³/mol. The molecule has 9 heteroatoms. The van der Waals surface area contributed by atoms with Crippen LogP contribution in [0, 0.1) is 5.82 Å². The van der Waals surface area contributed by atoms with Crippen LogP contribution in [0.2, 0.25) is 0 Å². The van der Waals surface area contributed by atoms with Gasteiger partial charge in [0.05, 0.1) is 23.5 Å². The number of para-hydroxylation sites is 1. The normalized spacial score (nSPS) is 16.8. The molecule has 0 spiro atoms. The van der Waals surface area contributed by atoms with E-state index in [0.29, 0.717) is 11.7 Å². The second-order valence-electron chi connectivity index (χ2n) is 9.31. The first-order valence-electron chi connectivity index (χ1n) is 12.4. The number of amides is 1. The summed E-state index contributed by atoms with van der Waals surface area (Å²) in [6, 6.07) is 23.9. The van der Waals surface area contributed by atoms with Crippen molar-refractivity contribution in [2.75, 3.05) is 30.9 Å². The summed E-state index contributed by atoms with van der Waals surface area (Å²) in [6.45, 7) is 0.352. The molecule has 5 rings (SSSR count). The maximum atomic E-state index is 14.0. The molecule has 38 heavy (non-hydrogen) atoms. The van der Waals surface area contributed by atoms with Crippen molar-refractivity contribution in [3.05, 3.63) is 108 Å². The van der Waals surface area contributed by atoms with Crippen molar-refractivity contribution in [3.8, 4) is 5.69 Å². The number of hydrogen-bond acceptors (Lipinski definition) is 4. The molecule has 1 amide bonds. The zero-order chi connectivity index (χ0) is 26.6. The van der Waals surface area contributed by atoms with Gasteiger partial charge in [0.15, 0.2) is 5.11 Å². The lowest BCUT2D eigenvalue weighted by Gasteiger charge is -2.29. The van der Waals surface area contributed by atoms with E-state index >= 15 is 0 Å². The van der Waals surface area contributed by atoms with Crippen molar-refractivity contribution in [2.45, 2.75) is 18.5 Å². The molecule has 0 saturated carbocycles. The highest BCUT2D eigenvalue weighted by Gasteiger charge is 2.41. The third-order valence-electron chi connectivity index (χ3n) is 6.65. The Kier molecular flexibility index (Phi) is 7.37. The number of carbonyl (C=O) groups is 1. The fourth-order valence-corrected chi connectivity index (χ4v) is 5.08. The molecule has 1 aliphatic heterocycles. The van der Waals surface area contributed by atoms with Gasteiger partial charge in [-0.05, 0) is 72.9 Å². The van der Waals surface area contributed by atoms with Crippen molar-refractivity contribution in [1.29, 1.82) is 0 Å². The minimum atomic E-state index is -0.467. The highest BCUT2D eigenvalue weighted by atomic mass is 32.1. The smallest absolute Gasteiger partial charge is 0.226 e. The molecule has 194 valence electrons. The Bertz CT molecular complexity index is 1420. The van der Waals surface area contributed by atoms with Crippen LogP contribution in [-0.2, 0) is 4.79 Å². The van der Waals surface area contributed by atoms with Crippen LogP contribution in [0.25, 0.3) is 5.69 Å². The summed E-state index contributed by atoms with van der Waals surface area (Å²) in [5.41, 5.74) is 4.16. The second-order valence-corrected chi connectivity index (χ2v) is 9.70. The Morgan fingerprint density at radius 3 is 2.53 bits per heavy atom. The average molecular weight is 529 g/mol. The molecule has 1 aliphatic rings. The van der Waals surface area contributed by atoms with Gasteiger partial charge in [-0.15, -0.1) is 0 Å². The van der Waals surface area contributed by atoms with Crippen molar-refractivity contribution < 1.29 is 9.18 Å². The fraction of sp³-hybridized carbons (Fsp3) is 0.207. The van der Waals surface area contributed by atoms with E-state index in [1.165, 1.54) is 6.07 Å². The number of halogens is 1. The van der Waals surface area contributed by atoms with Gasteiger partial charge in [-0.25, -0.2) is 4.39 Å². The minimum Gasteiger partial charge on any atom is -0.378 e. The zero-order valence-corrected chi connectivity index (χ0v) is 22.0. The maximum Gasteiger partial charge on any atom is 0.226 e. The van der Waals surface area contributed by atoms with E-state index in [1.54, 1.807) is 24.4 Å². The highest BCUT2D eigenvalue weighted by Crippen LogP contribution is 2.39. The van der Waals surface area contributed by atoms with Crippen LogP contribution in [0.15, 0.2) is 91.3 Å². The van der Waals surface area contributed by atoms with Gasteiger partial charge < -0.3 is 25.0 Å². The molecule has 2 N–H and O–H groups in total. The number of nitrogens with zero attached hydrogens (tertiary/aromatic N) is 4. The lowest BCUT2D eigenvalue weighted by atomic mass is 10.0. The Morgan fingerprint density at radius 1 is 1.05 bits per heavy atom. The topological polar surface area (TPSA) is 65.4 Å². The molecule has 0 aliphatic carbocycles. The lowest BCUT2D eigenvalue weighted by molar-refractivity contribution is -0.116. The summed E-state index contributed by atoms with van der Waals surface area (Å²) in [6.07, 6.45) is 3.93. The number of rotatable bonds is 8. The number of anilines is 2. The van der Waals surface area contributed by atoms with Crippen molar-refractivity contribution in [1.82, 2.24) is 19.8 Å². The quantitative estimate of drug-likeness (QED) is 0.311. The molecule has 2 aromatic heterocycles. The van der Waals surface area contributed by atoms with E-state index in [4.69, 9.17) is 12.2 Å². The molecule has 0 unspecified atom stereocenters. The summed E-state index contributed by atoms with van der Waals surface area (Å²) in [4.78, 5) is 21.4.